The number of rotatable bonds is 7. The molecule has 0 unspecified atom stereocenters. The van der Waals surface area contributed by atoms with E-state index in [1.807, 2.05) is 39.0 Å². The summed E-state index contributed by atoms with van der Waals surface area (Å²) in [6.07, 6.45) is -0.511. The highest BCUT2D eigenvalue weighted by Gasteiger charge is 2.35. The lowest BCUT2D eigenvalue weighted by Crippen LogP contribution is -2.50. The molecule has 1 heterocycles. The van der Waals surface area contributed by atoms with Gasteiger partial charge >= 0.3 is 12.1 Å². The van der Waals surface area contributed by atoms with Crippen LogP contribution in [0.4, 0.5) is 21.0 Å². The molecule has 4 N–H and O–H groups in total. The van der Waals surface area contributed by atoms with Crippen molar-refractivity contribution in [2.24, 2.45) is 5.92 Å². The van der Waals surface area contributed by atoms with Crippen LogP contribution in [-0.2, 0) is 0 Å². The first-order valence-corrected chi connectivity index (χ1v) is 12.5. The van der Waals surface area contributed by atoms with Crippen LogP contribution in [0.3, 0.4) is 0 Å². The average Bonchev–Trinajstić information content (AvgIpc) is 2.86. The van der Waals surface area contributed by atoms with Gasteiger partial charge < -0.3 is 35.6 Å². The molecule has 10 nitrogen and oxygen atoms in total. The number of hydrogen-bond donors (Lipinski definition) is 4. The largest absolute Gasteiger partial charge is 0.485 e. The second-order valence-corrected chi connectivity index (χ2v) is 9.73. The van der Waals surface area contributed by atoms with Crippen LogP contribution in [0.25, 0.3) is 0 Å². The number of carbonyl (C=O) groups is 3. The summed E-state index contributed by atoms with van der Waals surface area (Å²) in [4.78, 5) is 42.0. The second-order valence-electron chi connectivity index (χ2n) is 9.73. The van der Waals surface area contributed by atoms with Crippen LogP contribution in [0.1, 0.15) is 38.1 Å². The summed E-state index contributed by atoms with van der Waals surface area (Å²) in [6.45, 7) is 7.75. The molecule has 0 fully saturated rings. The predicted octanol–water partition coefficient (Wildman–Crippen LogP) is 3.60. The molecule has 10 heteroatoms. The summed E-state index contributed by atoms with van der Waals surface area (Å²) in [6, 6.07) is 12.9. The molecule has 2 aromatic carbocycles. The van der Waals surface area contributed by atoms with Gasteiger partial charge in [-0.3, -0.25) is 4.79 Å². The van der Waals surface area contributed by atoms with Gasteiger partial charge in [-0.05, 0) is 45.0 Å². The molecule has 2 aromatic rings. The Labute approximate surface area is 218 Å². The van der Waals surface area contributed by atoms with Crippen molar-refractivity contribution < 1.29 is 24.2 Å². The first-order chi connectivity index (χ1) is 17.6. The minimum Gasteiger partial charge on any atom is -0.485 e. The second kappa shape index (κ2) is 12.4. The van der Waals surface area contributed by atoms with Crippen LogP contribution < -0.4 is 20.7 Å². The van der Waals surface area contributed by atoms with Crippen molar-refractivity contribution in [3.05, 3.63) is 54.1 Å². The van der Waals surface area contributed by atoms with Gasteiger partial charge in [0.25, 0.3) is 5.91 Å². The van der Waals surface area contributed by atoms with Gasteiger partial charge in [0.2, 0.25) is 0 Å². The number of benzene rings is 2. The van der Waals surface area contributed by atoms with Crippen LogP contribution in [0.5, 0.6) is 5.75 Å². The number of nitrogens with zero attached hydrogens (tertiary/aromatic N) is 2. The van der Waals surface area contributed by atoms with Crippen LogP contribution >= 0.6 is 0 Å². The maximum absolute atomic E-state index is 13.5. The fourth-order valence-corrected chi connectivity index (χ4v) is 4.07. The van der Waals surface area contributed by atoms with Crippen molar-refractivity contribution in [2.75, 3.05) is 37.4 Å². The summed E-state index contributed by atoms with van der Waals surface area (Å²) in [5, 5.41) is 18.2. The van der Waals surface area contributed by atoms with E-state index in [0.717, 1.165) is 0 Å². The molecular weight excluding hydrogens is 474 g/mol. The number of carbonyl (C=O) groups excluding carboxylic acids is 3. The number of nitrogens with one attached hydrogen (secondary N) is 3. The van der Waals surface area contributed by atoms with Gasteiger partial charge in [0.05, 0.1) is 30.4 Å². The average molecular weight is 512 g/mol. The molecule has 3 atom stereocenters. The molecule has 0 saturated carbocycles. The van der Waals surface area contributed by atoms with Gasteiger partial charge in [-0.25, -0.2) is 9.59 Å². The summed E-state index contributed by atoms with van der Waals surface area (Å²) < 4.78 is 6.42. The first kappa shape index (κ1) is 27.8. The Bertz CT molecular complexity index is 1090. The van der Waals surface area contributed by atoms with Gasteiger partial charge in [-0.1, -0.05) is 31.2 Å². The van der Waals surface area contributed by atoms with Crippen LogP contribution in [-0.4, -0.2) is 77.8 Å². The maximum atomic E-state index is 13.5. The summed E-state index contributed by atoms with van der Waals surface area (Å²) >= 11 is 0. The van der Waals surface area contributed by atoms with Crippen molar-refractivity contribution in [3.8, 4) is 5.75 Å². The van der Waals surface area contributed by atoms with Crippen molar-refractivity contribution in [3.63, 3.8) is 0 Å². The molecule has 0 aromatic heterocycles. The number of urea groups is 2. The van der Waals surface area contributed by atoms with Crippen LogP contribution in [0.2, 0.25) is 0 Å². The minimum absolute atomic E-state index is 0.0847. The SMILES string of the molecule is CC(C)NC(=O)Nc1cccc2c1O[C@@H](CN(C)C(=O)Nc1ccccc1)[C@@H](C)CN([C@@H](C)CO)C2=O. The Hall–Kier alpha value is -3.79. The maximum Gasteiger partial charge on any atom is 0.321 e. The van der Waals surface area contributed by atoms with E-state index >= 15 is 0 Å². The molecule has 0 saturated heterocycles. The first-order valence-electron chi connectivity index (χ1n) is 12.5. The smallest absolute Gasteiger partial charge is 0.321 e. The summed E-state index contributed by atoms with van der Waals surface area (Å²) in [7, 11) is 1.67. The predicted molar refractivity (Wildman–Crippen MR) is 143 cm³/mol. The molecule has 0 bridgehead atoms. The van der Waals surface area contributed by atoms with Crippen molar-refractivity contribution in [1.29, 1.82) is 0 Å². The standard InChI is InChI=1S/C27H37N5O5/c1-17(2)28-26(35)30-22-13-9-12-21-24(22)37-23(18(3)14-32(25(21)34)19(4)16-33)15-31(5)27(36)29-20-10-7-6-8-11-20/h6-13,17-19,23,33H,14-16H2,1-5H3,(H,29,36)(H2,28,30,35)/t18-,19-,23-/m0/s1. The number of amides is 5. The molecule has 0 spiro atoms. The number of hydrogen-bond acceptors (Lipinski definition) is 5. The number of likely N-dealkylation sites (N-methyl/N-ethyl adjacent to an activating group) is 1. The van der Waals surface area contributed by atoms with Crippen molar-refractivity contribution in [2.45, 2.75) is 45.9 Å². The number of anilines is 2. The molecule has 5 amide bonds. The molecule has 3 rings (SSSR count). The van der Waals surface area contributed by atoms with E-state index < -0.39 is 18.2 Å². The fourth-order valence-electron chi connectivity index (χ4n) is 4.07. The minimum atomic E-state index is -0.511. The Morgan fingerprint density at radius 3 is 2.46 bits per heavy atom. The summed E-state index contributed by atoms with van der Waals surface area (Å²) in [5.74, 6) is -0.268. The molecule has 37 heavy (non-hydrogen) atoms. The number of aliphatic hydroxyl groups excluding tert-OH is 1. The zero-order valence-electron chi connectivity index (χ0n) is 22.0. The molecule has 0 aliphatic carbocycles. The highest BCUT2D eigenvalue weighted by atomic mass is 16.5. The zero-order valence-corrected chi connectivity index (χ0v) is 22.0. The number of fused-ring (bicyclic) bond motifs is 1. The molecule has 200 valence electrons. The van der Waals surface area contributed by atoms with Crippen molar-refractivity contribution >= 4 is 29.3 Å². The van der Waals surface area contributed by atoms with Gasteiger partial charge in [0, 0.05) is 31.2 Å². The molecule has 0 radical (unpaired) electrons. The van der Waals surface area contributed by atoms with Crippen LogP contribution in [0.15, 0.2) is 48.5 Å². The lowest BCUT2D eigenvalue weighted by atomic mass is 9.99. The topological polar surface area (TPSA) is 123 Å². The highest BCUT2D eigenvalue weighted by molar-refractivity contribution is 6.01. The molecular formula is C27H37N5O5. The van der Waals surface area contributed by atoms with E-state index in [0.29, 0.717) is 17.9 Å². The molecule has 1 aliphatic heterocycles. The van der Waals surface area contributed by atoms with Crippen molar-refractivity contribution in [1.82, 2.24) is 15.1 Å². The van der Waals surface area contributed by atoms with Gasteiger partial charge in [0.15, 0.2) is 5.75 Å². The Kier molecular flexibility index (Phi) is 9.35. The third kappa shape index (κ3) is 7.13. The number of ether oxygens (including phenoxy) is 1. The molecule has 1 aliphatic rings. The fraction of sp³-hybridized carbons (Fsp3) is 0.444. The van der Waals surface area contributed by atoms with Gasteiger partial charge in [-0.2, -0.15) is 0 Å². The van der Waals surface area contributed by atoms with Gasteiger partial charge in [-0.15, -0.1) is 0 Å². The normalized spacial score (nSPS) is 18.1. The third-order valence-electron chi connectivity index (χ3n) is 6.18. The van der Waals surface area contributed by atoms with E-state index in [2.05, 4.69) is 16.0 Å². The van der Waals surface area contributed by atoms with E-state index in [1.54, 1.807) is 49.2 Å². The monoisotopic (exact) mass is 511 g/mol. The number of para-hydroxylation sites is 2. The third-order valence-corrected chi connectivity index (χ3v) is 6.18. The quantitative estimate of drug-likeness (QED) is 0.452. The lowest BCUT2D eigenvalue weighted by molar-refractivity contribution is 0.0373. The zero-order chi connectivity index (χ0) is 27.1. The highest BCUT2D eigenvalue weighted by Crippen LogP contribution is 2.35. The van der Waals surface area contributed by atoms with E-state index in [1.165, 1.54) is 4.90 Å². The lowest BCUT2D eigenvalue weighted by Gasteiger charge is -2.38. The Morgan fingerprint density at radius 1 is 1.11 bits per heavy atom. The Balaban J connectivity index is 1.93. The van der Waals surface area contributed by atoms with Crippen LogP contribution in [0, 0.1) is 5.92 Å². The van der Waals surface area contributed by atoms with E-state index in [-0.39, 0.29) is 48.4 Å². The van der Waals surface area contributed by atoms with Gasteiger partial charge in [0.1, 0.15) is 6.10 Å². The summed E-state index contributed by atoms with van der Waals surface area (Å²) in [5.41, 5.74) is 1.29. The van der Waals surface area contributed by atoms with E-state index in [9.17, 15) is 19.5 Å². The Morgan fingerprint density at radius 2 is 1.81 bits per heavy atom. The van der Waals surface area contributed by atoms with E-state index in [4.69, 9.17) is 4.74 Å². The number of aliphatic hydroxyl groups is 1.